The highest BCUT2D eigenvalue weighted by molar-refractivity contribution is 7.81. The van der Waals surface area contributed by atoms with Crippen LogP contribution in [0.5, 0.6) is 0 Å². The number of aliphatic hydroxyl groups excluding tert-OH is 3. The minimum Gasteiger partial charge on any atom is -0.394 e. The Kier molecular flexibility index (Phi) is 3.70. The van der Waals surface area contributed by atoms with Crippen LogP contribution in [0.15, 0.2) is 0 Å². The fourth-order valence-electron chi connectivity index (χ4n) is 2.06. The van der Waals surface area contributed by atoms with Crippen molar-refractivity contribution in [1.82, 2.24) is 10.2 Å². The van der Waals surface area contributed by atoms with Crippen LogP contribution in [-0.2, 0) is 4.74 Å². The molecule has 2 rings (SSSR count). The number of thiol groups is 1. The highest BCUT2D eigenvalue weighted by Crippen LogP contribution is 2.40. The third-order valence-corrected chi connectivity index (χ3v) is 3.56. The molecule has 0 radical (unpaired) electrons. The summed E-state index contributed by atoms with van der Waals surface area (Å²) in [6.45, 7) is -0.517. The van der Waals surface area contributed by atoms with Crippen LogP contribution in [-0.4, -0.2) is 69.1 Å². The van der Waals surface area contributed by atoms with Crippen LogP contribution >= 0.6 is 12.6 Å². The van der Waals surface area contributed by atoms with Crippen molar-refractivity contribution in [3.05, 3.63) is 0 Å². The molecular weight excluding hydrogens is 267 g/mol. The molecule has 18 heavy (non-hydrogen) atoms. The number of nitrogens with zero attached hydrogens (tertiary/aromatic N) is 1. The number of carbonyl (C=O) groups excluding carboxylic acids is 1. The lowest BCUT2D eigenvalue weighted by Gasteiger charge is -2.37. The normalized spacial score (nSPS) is 45.2. The van der Waals surface area contributed by atoms with E-state index in [0.29, 0.717) is 0 Å². The van der Waals surface area contributed by atoms with Gasteiger partial charge in [-0.2, -0.15) is 0 Å². The van der Waals surface area contributed by atoms with Crippen LogP contribution in [0.1, 0.15) is 6.42 Å². The van der Waals surface area contributed by atoms with Gasteiger partial charge in [0.1, 0.15) is 18.4 Å². The molecule has 1 unspecified atom stereocenters. The predicted molar refractivity (Wildman–Crippen MR) is 60.4 cm³/mol. The first-order valence-electron chi connectivity index (χ1n) is 5.48. The first kappa shape index (κ1) is 13.8. The van der Waals surface area contributed by atoms with Gasteiger partial charge in [0.05, 0.1) is 6.61 Å². The highest BCUT2D eigenvalue weighted by Gasteiger charge is 2.58. The standard InChI is InChI=1S/C9H15FN2O5S/c10-9(18)6(15)4(3-13)17-7(9)12-2-1-5(14)11-8(12)16/h4-7,13-15,18H,1-3H2,(H,11,16)/t4-,5?,6-,7-,9+/m1/s1. The second-order valence-corrected chi connectivity index (χ2v) is 5.01. The van der Waals surface area contributed by atoms with Crippen LogP contribution < -0.4 is 5.32 Å². The van der Waals surface area contributed by atoms with Crippen LogP contribution in [0.4, 0.5) is 9.18 Å². The summed E-state index contributed by atoms with van der Waals surface area (Å²) < 4.78 is 19.4. The van der Waals surface area contributed by atoms with Crippen molar-refractivity contribution in [2.75, 3.05) is 13.2 Å². The van der Waals surface area contributed by atoms with Crippen molar-refractivity contribution < 1.29 is 29.2 Å². The predicted octanol–water partition coefficient (Wildman–Crippen LogP) is -1.61. The van der Waals surface area contributed by atoms with E-state index in [2.05, 4.69) is 17.9 Å². The minimum absolute atomic E-state index is 0.0643. The van der Waals surface area contributed by atoms with Crippen molar-refractivity contribution >= 4 is 18.7 Å². The first-order valence-corrected chi connectivity index (χ1v) is 5.93. The molecular formula is C9H15FN2O5S. The van der Waals surface area contributed by atoms with Gasteiger partial charge >= 0.3 is 6.03 Å². The lowest BCUT2D eigenvalue weighted by molar-refractivity contribution is -0.0840. The second-order valence-electron chi connectivity index (χ2n) is 4.33. The average molecular weight is 282 g/mol. The second kappa shape index (κ2) is 4.82. The number of amides is 2. The molecule has 0 aromatic carbocycles. The quantitative estimate of drug-likeness (QED) is 0.392. The van der Waals surface area contributed by atoms with E-state index in [1.165, 1.54) is 0 Å². The number of hydrogen-bond acceptors (Lipinski definition) is 6. The van der Waals surface area contributed by atoms with Crippen LogP contribution in [0.2, 0.25) is 0 Å². The van der Waals surface area contributed by atoms with Gasteiger partial charge in [0.2, 0.25) is 5.00 Å². The van der Waals surface area contributed by atoms with E-state index in [1.54, 1.807) is 0 Å². The molecule has 2 amide bonds. The number of halogens is 1. The Bertz CT molecular complexity index is 345. The molecule has 4 N–H and O–H groups in total. The molecule has 104 valence electrons. The summed E-state index contributed by atoms with van der Waals surface area (Å²) in [6, 6.07) is -0.708. The average Bonchev–Trinajstić information content (AvgIpc) is 2.52. The number of hydrogen-bond donors (Lipinski definition) is 5. The molecule has 2 heterocycles. The molecule has 0 bridgehead atoms. The SMILES string of the molecule is O=C1NC(O)CCN1[C@@H]1O[C@H](CO)[C@@H](O)[C@]1(F)S. The Hall–Kier alpha value is -0.610. The van der Waals surface area contributed by atoms with Gasteiger partial charge in [0.25, 0.3) is 0 Å². The molecule has 0 aliphatic carbocycles. The van der Waals surface area contributed by atoms with Crippen LogP contribution in [0, 0.1) is 0 Å². The van der Waals surface area contributed by atoms with Crippen molar-refractivity contribution in [1.29, 1.82) is 0 Å². The van der Waals surface area contributed by atoms with E-state index >= 15 is 0 Å². The zero-order chi connectivity index (χ0) is 13.5. The smallest absolute Gasteiger partial charge is 0.321 e. The van der Waals surface area contributed by atoms with Gasteiger partial charge in [-0.25, -0.2) is 9.18 Å². The highest BCUT2D eigenvalue weighted by atomic mass is 32.1. The summed E-state index contributed by atoms with van der Waals surface area (Å²) in [5, 5.41) is 27.5. The van der Waals surface area contributed by atoms with E-state index < -0.39 is 42.3 Å². The maximum absolute atomic E-state index is 14.3. The van der Waals surface area contributed by atoms with Crippen LogP contribution in [0.3, 0.4) is 0 Å². The lowest BCUT2D eigenvalue weighted by Crippen LogP contribution is -2.59. The Morgan fingerprint density at radius 3 is 2.78 bits per heavy atom. The van der Waals surface area contributed by atoms with E-state index in [-0.39, 0.29) is 13.0 Å². The molecule has 5 atom stereocenters. The summed E-state index contributed by atoms with van der Waals surface area (Å²) in [6.07, 6.45) is -4.98. The van der Waals surface area contributed by atoms with E-state index in [9.17, 15) is 19.4 Å². The maximum Gasteiger partial charge on any atom is 0.321 e. The van der Waals surface area contributed by atoms with Gasteiger partial charge < -0.3 is 25.4 Å². The maximum atomic E-state index is 14.3. The van der Waals surface area contributed by atoms with Gasteiger partial charge in [-0.3, -0.25) is 4.90 Å². The molecule has 9 heteroatoms. The summed E-state index contributed by atoms with van der Waals surface area (Å²) in [4.78, 5) is 12.6. The Morgan fingerprint density at radius 1 is 1.61 bits per heavy atom. The van der Waals surface area contributed by atoms with Gasteiger partial charge in [0.15, 0.2) is 6.23 Å². The lowest BCUT2D eigenvalue weighted by atomic mass is 10.1. The number of alkyl halides is 1. The Morgan fingerprint density at radius 2 is 2.28 bits per heavy atom. The zero-order valence-corrected chi connectivity index (χ0v) is 10.3. The molecule has 0 saturated carbocycles. The fourth-order valence-corrected chi connectivity index (χ4v) is 2.43. The van der Waals surface area contributed by atoms with Crippen LogP contribution in [0.25, 0.3) is 0 Å². The van der Waals surface area contributed by atoms with E-state index in [0.717, 1.165) is 4.90 Å². The van der Waals surface area contributed by atoms with Crippen molar-refractivity contribution in [2.24, 2.45) is 0 Å². The van der Waals surface area contributed by atoms with Gasteiger partial charge in [0, 0.05) is 13.0 Å². The van der Waals surface area contributed by atoms with Crippen molar-refractivity contribution in [3.8, 4) is 0 Å². The number of urea groups is 1. The largest absolute Gasteiger partial charge is 0.394 e. The van der Waals surface area contributed by atoms with Crippen molar-refractivity contribution in [2.45, 2.75) is 36.1 Å². The molecule has 7 nitrogen and oxygen atoms in total. The zero-order valence-electron chi connectivity index (χ0n) is 9.36. The summed E-state index contributed by atoms with van der Waals surface area (Å²) in [5.74, 6) is 0. The fraction of sp³-hybridized carbons (Fsp3) is 0.889. The summed E-state index contributed by atoms with van der Waals surface area (Å²) in [5.41, 5.74) is 0. The Balaban J connectivity index is 2.15. The first-order chi connectivity index (χ1) is 8.37. The Labute approximate surface area is 108 Å². The topological polar surface area (TPSA) is 102 Å². The monoisotopic (exact) mass is 282 g/mol. The third kappa shape index (κ3) is 2.16. The number of rotatable bonds is 2. The molecule has 0 aromatic heterocycles. The molecule has 2 aliphatic heterocycles. The third-order valence-electron chi connectivity index (χ3n) is 3.07. The number of nitrogens with one attached hydrogen (secondary N) is 1. The molecule has 0 spiro atoms. The number of carbonyl (C=O) groups is 1. The molecule has 2 aliphatic rings. The van der Waals surface area contributed by atoms with E-state index in [1.807, 2.05) is 0 Å². The van der Waals surface area contributed by atoms with Gasteiger partial charge in [-0.05, 0) is 0 Å². The molecule has 2 fully saturated rings. The molecule has 2 saturated heterocycles. The number of aliphatic hydroxyl groups is 3. The van der Waals surface area contributed by atoms with Crippen molar-refractivity contribution in [3.63, 3.8) is 0 Å². The molecule has 0 aromatic rings. The van der Waals surface area contributed by atoms with Gasteiger partial charge in [-0.15, -0.1) is 12.6 Å². The minimum atomic E-state index is -2.48. The van der Waals surface area contributed by atoms with E-state index in [4.69, 9.17) is 9.84 Å². The summed E-state index contributed by atoms with van der Waals surface area (Å²) in [7, 11) is 0. The van der Waals surface area contributed by atoms with Gasteiger partial charge in [-0.1, -0.05) is 0 Å². The number of ether oxygens (including phenoxy) is 1. The summed E-state index contributed by atoms with van der Waals surface area (Å²) >= 11 is 3.69.